The van der Waals surface area contributed by atoms with E-state index in [1.54, 1.807) is 25.1 Å². The average molecular weight is 219 g/mol. The van der Waals surface area contributed by atoms with Gasteiger partial charge in [0, 0.05) is 0 Å². The van der Waals surface area contributed by atoms with Crippen molar-refractivity contribution in [3.63, 3.8) is 0 Å². The summed E-state index contributed by atoms with van der Waals surface area (Å²) in [6.07, 6.45) is 0. The minimum atomic E-state index is -0.913. The Hall–Kier alpha value is -0.730. The zero-order valence-corrected chi connectivity index (χ0v) is 8.43. The van der Waals surface area contributed by atoms with Crippen LogP contribution in [0, 0.1) is 0 Å². The first-order chi connectivity index (χ1) is 6.04. The quantitative estimate of drug-likeness (QED) is 0.829. The van der Waals surface area contributed by atoms with Gasteiger partial charge in [0.05, 0.1) is 16.0 Å². The van der Waals surface area contributed by atoms with E-state index in [0.717, 1.165) is 0 Å². The van der Waals surface area contributed by atoms with Crippen LogP contribution in [0.15, 0.2) is 18.2 Å². The second kappa shape index (κ2) is 3.99. The van der Waals surface area contributed by atoms with Gasteiger partial charge in [-0.3, -0.25) is 4.79 Å². The molecule has 13 heavy (non-hydrogen) atoms. The van der Waals surface area contributed by atoms with Gasteiger partial charge in [-0.15, -0.1) is 0 Å². The smallest absolute Gasteiger partial charge is 0.310 e. The van der Waals surface area contributed by atoms with Crippen molar-refractivity contribution in [2.75, 3.05) is 0 Å². The number of rotatable bonds is 2. The number of halogens is 2. The van der Waals surface area contributed by atoms with Gasteiger partial charge in [0.1, 0.15) is 0 Å². The van der Waals surface area contributed by atoms with Gasteiger partial charge in [-0.2, -0.15) is 0 Å². The Morgan fingerprint density at radius 3 is 2.62 bits per heavy atom. The summed E-state index contributed by atoms with van der Waals surface area (Å²) in [5, 5.41) is 9.45. The van der Waals surface area contributed by atoms with Crippen molar-refractivity contribution in [2.45, 2.75) is 12.8 Å². The SMILES string of the molecule is C[C@H](C(=O)O)c1cccc(Cl)c1Cl. The van der Waals surface area contributed by atoms with Crippen molar-refractivity contribution >= 4 is 29.2 Å². The van der Waals surface area contributed by atoms with Gasteiger partial charge in [0.2, 0.25) is 0 Å². The lowest BCUT2D eigenvalue weighted by molar-refractivity contribution is -0.138. The summed E-state index contributed by atoms with van der Waals surface area (Å²) in [7, 11) is 0. The van der Waals surface area contributed by atoms with Gasteiger partial charge in [-0.05, 0) is 18.6 Å². The number of hydrogen-bond acceptors (Lipinski definition) is 1. The largest absolute Gasteiger partial charge is 0.481 e. The van der Waals surface area contributed by atoms with Crippen LogP contribution in [0.1, 0.15) is 18.4 Å². The van der Waals surface area contributed by atoms with E-state index in [1.165, 1.54) is 0 Å². The van der Waals surface area contributed by atoms with Crippen molar-refractivity contribution in [3.05, 3.63) is 33.8 Å². The Morgan fingerprint density at radius 1 is 1.46 bits per heavy atom. The molecular weight excluding hydrogens is 211 g/mol. The van der Waals surface area contributed by atoms with Crippen LogP contribution in [0.5, 0.6) is 0 Å². The Morgan fingerprint density at radius 2 is 2.08 bits per heavy atom. The van der Waals surface area contributed by atoms with Crippen LogP contribution in [-0.4, -0.2) is 11.1 Å². The molecule has 0 bridgehead atoms. The Kier molecular flexibility index (Phi) is 3.17. The molecule has 0 aromatic heterocycles. The van der Waals surface area contributed by atoms with Crippen LogP contribution in [0.4, 0.5) is 0 Å². The van der Waals surface area contributed by atoms with E-state index < -0.39 is 11.9 Å². The number of carboxylic acid groups (broad SMARTS) is 1. The fourth-order valence-electron chi connectivity index (χ4n) is 0.988. The van der Waals surface area contributed by atoms with Gasteiger partial charge in [0.25, 0.3) is 0 Å². The van der Waals surface area contributed by atoms with Crippen LogP contribution in [0.2, 0.25) is 10.0 Å². The maximum atomic E-state index is 10.7. The van der Waals surface area contributed by atoms with E-state index in [1.807, 2.05) is 0 Å². The first kappa shape index (κ1) is 10.4. The van der Waals surface area contributed by atoms with E-state index in [0.29, 0.717) is 15.6 Å². The molecular formula is C9H8Cl2O2. The molecule has 0 fully saturated rings. The molecule has 4 heteroatoms. The molecule has 2 nitrogen and oxygen atoms in total. The van der Waals surface area contributed by atoms with Gasteiger partial charge >= 0.3 is 5.97 Å². The van der Waals surface area contributed by atoms with Crippen molar-refractivity contribution in [2.24, 2.45) is 0 Å². The fourth-order valence-corrected chi connectivity index (χ4v) is 1.46. The maximum Gasteiger partial charge on any atom is 0.310 e. The zero-order chi connectivity index (χ0) is 10.0. The summed E-state index contributed by atoms with van der Waals surface area (Å²) in [6, 6.07) is 4.97. The van der Waals surface area contributed by atoms with Crippen molar-refractivity contribution < 1.29 is 9.90 Å². The zero-order valence-electron chi connectivity index (χ0n) is 6.92. The second-order valence-corrected chi connectivity index (χ2v) is 3.49. The number of hydrogen-bond donors (Lipinski definition) is 1. The Balaban J connectivity index is 3.15. The molecule has 70 valence electrons. The summed E-state index contributed by atoms with van der Waals surface area (Å²) in [4.78, 5) is 10.7. The second-order valence-electron chi connectivity index (χ2n) is 2.70. The Bertz CT molecular complexity index is 336. The predicted octanol–water partition coefficient (Wildman–Crippen LogP) is 3.18. The van der Waals surface area contributed by atoms with Crippen LogP contribution < -0.4 is 0 Å². The number of benzene rings is 1. The minimum absolute atomic E-state index is 0.319. The molecule has 0 radical (unpaired) electrons. The Labute approximate surface area is 86.1 Å². The van der Waals surface area contributed by atoms with E-state index in [9.17, 15) is 4.79 Å². The fraction of sp³-hybridized carbons (Fsp3) is 0.222. The van der Waals surface area contributed by atoms with Gasteiger partial charge < -0.3 is 5.11 Å². The highest BCUT2D eigenvalue weighted by Gasteiger charge is 2.17. The van der Waals surface area contributed by atoms with E-state index >= 15 is 0 Å². The van der Waals surface area contributed by atoms with Crippen LogP contribution in [0.3, 0.4) is 0 Å². The van der Waals surface area contributed by atoms with Gasteiger partial charge in [0.15, 0.2) is 0 Å². The molecule has 1 atom stereocenters. The lowest BCUT2D eigenvalue weighted by atomic mass is 10.0. The molecule has 1 aromatic carbocycles. The summed E-state index contributed by atoms with van der Waals surface area (Å²) >= 11 is 11.6. The molecule has 0 aliphatic heterocycles. The molecule has 0 saturated heterocycles. The lowest BCUT2D eigenvalue weighted by Gasteiger charge is -2.09. The van der Waals surface area contributed by atoms with Crippen LogP contribution in [-0.2, 0) is 4.79 Å². The summed E-state index contributed by atoms with van der Waals surface area (Å²) < 4.78 is 0. The van der Waals surface area contributed by atoms with Gasteiger partial charge in [-0.25, -0.2) is 0 Å². The van der Waals surface area contributed by atoms with Crippen molar-refractivity contribution in [3.8, 4) is 0 Å². The standard InChI is InChI=1S/C9H8Cl2O2/c1-5(9(12)13)6-3-2-4-7(10)8(6)11/h2-5H,1H3,(H,12,13)/t5-/m0/s1. The molecule has 1 aromatic rings. The number of carbonyl (C=O) groups is 1. The molecule has 0 aliphatic carbocycles. The molecule has 0 heterocycles. The highest BCUT2D eigenvalue weighted by atomic mass is 35.5. The molecule has 0 unspecified atom stereocenters. The van der Waals surface area contributed by atoms with E-state index in [2.05, 4.69) is 0 Å². The van der Waals surface area contributed by atoms with Crippen LogP contribution in [0.25, 0.3) is 0 Å². The third-order valence-electron chi connectivity index (χ3n) is 1.82. The topological polar surface area (TPSA) is 37.3 Å². The summed E-state index contributed by atoms with van der Waals surface area (Å²) in [6.45, 7) is 1.57. The normalized spacial score (nSPS) is 12.5. The van der Waals surface area contributed by atoms with E-state index in [-0.39, 0.29) is 0 Å². The molecule has 1 rings (SSSR count). The van der Waals surface area contributed by atoms with Crippen molar-refractivity contribution in [1.29, 1.82) is 0 Å². The molecule has 0 amide bonds. The molecule has 0 spiro atoms. The summed E-state index contributed by atoms with van der Waals surface area (Å²) in [5.41, 5.74) is 0.543. The third kappa shape index (κ3) is 2.14. The monoisotopic (exact) mass is 218 g/mol. The van der Waals surface area contributed by atoms with E-state index in [4.69, 9.17) is 28.3 Å². The number of aliphatic carboxylic acids is 1. The first-order valence-electron chi connectivity index (χ1n) is 3.70. The van der Waals surface area contributed by atoms with Gasteiger partial charge in [-0.1, -0.05) is 35.3 Å². The highest BCUT2D eigenvalue weighted by molar-refractivity contribution is 6.42. The summed E-state index contributed by atoms with van der Waals surface area (Å²) in [5.74, 6) is -1.55. The third-order valence-corrected chi connectivity index (χ3v) is 2.65. The first-order valence-corrected chi connectivity index (χ1v) is 4.46. The average Bonchev–Trinajstić information content (AvgIpc) is 2.08. The minimum Gasteiger partial charge on any atom is -0.481 e. The lowest BCUT2D eigenvalue weighted by Crippen LogP contribution is -2.07. The highest BCUT2D eigenvalue weighted by Crippen LogP contribution is 2.30. The predicted molar refractivity (Wildman–Crippen MR) is 52.5 cm³/mol. The van der Waals surface area contributed by atoms with Crippen molar-refractivity contribution in [1.82, 2.24) is 0 Å². The molecule has 0 saturated carbocycles. The molecule has 1 N–H and O–H groups in total. The number of carboxylic acids is 1. The maximum absolute atomic E-state index is 10.7. The molecule has 0 aliphatic rings. The van der Waals surface area contributed by atoms with Crippen LogP contribution >= 0.6 is 23.2 Å².